The molecule has 138 valence electrons. The number of nitriles is 1. The lowest BCUT2D eigenvalue weighted by Gasteiger charge is -2.13. The summed E-state index contributed by atoms with van der Waals surface area (Å²) < 4.78 is 7.33. The number of nitrogens with zero attached hydrogens (tertiary/aromatic N) is 6. The molecule has 0 aliphatic carbocycles. The topological polar surface area (TPSA) is 116 Å². The van der Waals surface area contributed by atoms with Gasteiger partial charge in [-0.3, -0.25) is 4.98 Å². The first-order valence-corrected chi connectivity index (χ1v) is 9.48. The number of thioether (sulfide) groups is 1. The molecular formula is C18H19N7OS. The van der Waals surface area contributed by atoms with Crippen molar-refractivity contribution in [3.05, 3.63) is 28.7 Å². The molecular weight excluding hydrogens is 362 g/mol. The van der Waals surface area contributed by atoms with Crippen LogP contribution >= 0.6 is 11.8 Å². The highest BCUT2D eigenvalue weighted by Gasteiger charge is 2.26. The van der Waals surface area contributed by atoms with Crippen LogP contribution in [0.5, 0.6) is 5.75 Å². The number of nitrogen functional groups attached to an aromatic ring is 1. The maximum atomic E-state index is 9.32. The highest BCUT2D eigenvalue weighted by atomic mass is 32.2. The molecule has 9 heteroatoms. The number of ether oxygens (including phenoxy) is 1. The minimum atomic E-state index is -0.157. The van der Waals surface area contributed by atoms with Crippen LogP contribution in [0, 0.1) is 25.2 Å². The van der Waals surface area contributed by atoms with Gasteiger partial charge in [0.05, 0.1) is 41.7 Å². The fraction of sp³-hybridized carbons (Fsp3) is 0.389. The third-order valence-electron chi connectivity index (χ3n) is 4.74. The van der Waals surface area contributed by atoms with Gasteiger partial charge in [-0.25, -0.2) is 9.67 Å². The minimum absolute atomic E-state index is 0.157. The fourth-order valence-corrected chi connectivity index (χ4v) is 4.45. The Bertz CT molecular complexity index is 1090. The van der Waals surface area contributed by atoms with E-state index in [4.69, 9.17) is 15.6 Å². The van der Waals surface area contributed by atoms with E-state index in [0.717, 1.165) is 45.1 Å². The van der Waals surface area contributed by atoms with E-state index in [1.54, 1.807) is 13.3 Å². The van der Waals surface area contributed by atoms with E-state index in [9.17, 15) is 5.26 Å². The minimum Gasteiger partial charge on any atom is -0.496 e. The molecule has 0 aromatic carbocycles. The predicted molar refractivity (Wildman–Crippen MR) is 103 cm³/mol. The summed E-state index contributed by atoms with van der Waals surface area (Å²) in [6.45, 7) is 4.42. The Morgan fingerprint density at radius 3 is 2.96 bits per heavy atom. The lowest BCUT2D eigenvalue weighted by molar-refractivity contribution is 0.406. The second kappa shape index (κ2) is 6.70. The monoisotopic (exact) mass is 381 g/mol. The number of pyridine rings is 1. The lowest BCUT2D eigenvalue weighted by Crippen LogP contribution is -2.10. The molecule has 8 nitrogen and oxygen atoms in total. The molecule has 1 atom stereocenters. The molecule has 1 aliphatic heterocycles. The largest absolute Gasteiger partial charge is 0.496 e. The molecule has 1 unspecified atom stereocenters. The molecule has 3 aromatic rings. The van der Waals surface area contributed by atoms with Crippen LogP contribution in [0.25, 0.3) is 11.0 Å². The van der Waals surface area contributed by atoms with E-state index in [-0.39, 0.29) is 11.2 Å². The smallest absolute Gasteiger partial charge is 0.223 e. The number of nitrogens with two attached hydrogens (primary N) is 1. The molecule has 27 heavy (non-hydrogen) atoms. The second-order valence-corrected chi connectivity index (χ2v) is 7.70. The molecule has 0 saturated carbocycles. The van der Waals surface area contributed by atoms with Gasteiger partial charge in [-0.1, -0.05) is 11.8 Å². The summed E-state index contributed by atoms with van der Waals surface area (Å²) in [6, 6.07) is 2.31. The van der Waals surface area contributed by atoms with Crippen molar-refractivity contribution in [2.45, 2.75) is 43.5 Å². The molecule has 0 spiro atoms. The molecule has 0 saturated heterocycles. The van der Waals surface area contributed by atoms with E-state index < -0.39 is 0 Å². The number of methoxy groups -OCH3 is 1. The zero-order valence-electron chi connectivity index (χ0n) is 15.4. The van der Waals surface area contributed by atoms with Crippen LogP contribution in [0.1, 0.15) is 28.9 Å². The summed E-state index contributed by atoms with van der Waals surface area (Å²) in [5.41, 5.74) is 10.4. The summed E-state index contributed by atoms with van der Waals surface area (Å²) in [5.74, 6) is 1.02. The van der Waals surface area contributed by atoms with Crippen LogP contribution in [-0.4, -0.2) is 37.1 Å². The van der Waals surface area contributed by atoms with Crippen LogP contribution in [0.3, 0.4) is 0 Å². The molecule has 4 rings (SSSR count). The summed E-state index contributed by atoms with van der Waals surface area (Å²) in [6.07, 6.45) is 3.23. The van der Waals surface area contributed by atoms with Gasteiger partial charge in [0.1, 0.15) is 10.8 Å². The molecule has 0 amide bonds. The van der Waals surface area contributed by atoms with E-state index >= 15 is 0 Å². The van der Waals surface area contributed by atoms with Crippen LogP contribution in [0.15, 0.2) is 11.2 Å². The van der Waals surface area contributed by atoms with Gasteiger partial charge in [0.25, 0.3) is 0 Å². The Morgan fingerprint density at radius 2 is 2.22 bits per heavy atom. The van der Waals surface area contributed by atoms with Crippen molar-refractivity contribution in [1.82, 2.24) is 24.7 Å². The van der Waals surface area contributed by atoms with Crippen molar-refractivity contribution in [3.8, 4) is 11.8 Å². The van der Waals surface area contributed by atoms with E-state index in [1.807, 2.05) is 18.5 Å². The van der Waals surface area contributed by atoms with E-state index in [2.05, 4.69) is 21.0 Å². The highest BCUT2D eigenvalue weighted by molar-refractivity contribution is 8.00. The zero-order chi connectivity index (χ0) is 19.1. The Balaban J connectivity index is 1.84. The maximum absolute atomic E-state index is 9.32. The van der Waals surface area contributed by atoms with Crippen molar-refractivity contribution in [3.63, 3.8) is 0 Å². The molecule has 0 radical (unpaired) electrons. The van der Waals surface area contributed by atoms with Crippen molar-refractivity contribution in [2.24, 2.45) is 0 Å². The molecule has 3 aromatic heterocycles. The third-order valence-corrected chi connectivity index (χ3v) is 5.88. The quantitative estimate of drug-likeness (QED) is 0.688. The standard InChI is InChI=1S/C18H19N7OS/c1-9-7-21-13(10(2)15(9)26-3)8-25-16-14-12(24-25)5-4-11(6-19)27-17(14)23-18(20)22-16/h7,11H,4-5,8H2,1-3H3,(H2,20,22,23). The number of rotatable bonds is 3. The van der Waals surface area contributed by atoms with Crippen LogP contribution in [-0.2, 0) is 13.0 Å². The van der Waals surface area contributed by atoms with Crippen LogP contribution in [0.4, 0.5) is 5.95 Å². The summed E-state index contributed by atoms with van der Waals surface area (Å²) >= 11 is 1.43. The lowest BCUT2D eigenvalue weighted by atomic mass is 10.1. The van der Waals surface area contributed by atoms with Crippen LogP contribution < -0.4 is 10.5 Å². The molecule has 0 bridgehead atoms. The highest BCUT2D eigenvalue weighted by Crippen LogP contribution is 2.37. The van der Waals surface area contributed by atoms with E-state index in [1.165, 1.54) is 11.8 Å². The van der Waals surface area contributed by atoms with Gasteiger partial charge in [-0.05, 0) is 26.7 Å². The SMILES string of the molecule is COc1c(C)cnc(Cn2nc3c4c(nc(N)nc42)SC(C#N)CC3)c1C. The van der Waals surface area contributed by atoms with Gasteiger partial charge in [0, 0.05) is 17.3 Å². The first kappa shape index (κ1) is 17.5. The molecule has 4 heterocycles. The van der Waals surface area contributed by atoms with Gasteiger partial charge in [0.2, 0.25) is 5.95 Å². The maximum Gasteiger partial charge on any atom is 0.223 e. The average Bonchev–Trinajstić information content (AvgIpc) is 2.87. The summed E-state index contributed by atoms with van der Waals surface area (Å²) in [7, 11) is 1.66. The van der Waals surface area contributed by atoms with Gasteiger partial charge in [0.15, 0.2) is 5.65 Å². The number of hydrogen-bond acceptors (Lipinski definition) is 8. The Labute approximate surface area is 160 Å². The predicted octanol–water partition coefficient (Wildman–Crippen LogP) is 2.41. The van der Waals surface area contributed by atoms with Gasteiger partial charge in [-0.15, -0.1) is 0 Å². The number of aryl methyl sites for hydroxylation is 2. The van der Waals surface area contributed by atoms with Crippen molar-refractivity contribution < 1.29 is 4.74 Å². The van der Waals surface area contributed by atoms with Crippen LogP contribution in [0.2, 0.25) is 0 Å². The molecule has 1 aliphatic rings. The number of hydrogen-bond donors (Lipinski definition) is 1. The van der Waals surface area contributed by atoms with Crippen molar-refractivity contribution >= 4 is 28.7 Å². The Hall–Kier alpha value is -2.86. The Kier molecular flexibility index (Phi) is 4.36. The first-order chi connectivity index (χ1) is 13.0. The average molecular weight is 381 g/mol. The first-order valence-electron chi connectivity index (χ1n) is 8.60. The fourth-order valence-electron chi connectivity index (χ4n) is 3.42. The van der Waals surface area contributed by atoms with Gasteiger partial charge >= 0.3 is 0 Å². The van der Waals surface area contributed by atoms with Crippen molar-refractivity contribution in [2.75, 3.05) is 12.8 Å². The van der Waals surface area contributed by atoms with Gasteiger partial charge in [-0.2, -0.15) is 15.3 Å². The normalized spacial score (nSPS) is 16.1. The molecule has 0 fully saturated rings. The number of aromatic nitrogens is 5. The zero-order valence-corrected chi connectivity index (χ0v) is 16.2. The van der Waals surface area contributed by atoms with E-state index in [0.29, 0.717) is 18.6 Å². The summed E-state index contributed by atoms with van der Waals surface area (Å²) in [5, 5.41) is 15.5. The second-order valence-electron chi connectivity index (χ2n) is 6.51. The van der Waals surface area contributed by atoms with Crippen molar-refractivity contribution in [1.29, 1.82) is 5.26 Å². The Morgan fingerprint density at radius 1 is 1.41 bits per heavy atom. The summed E-state index contributed by atoms with van der Waals surface area (Å²) in [4.78, 5) is 13.4. The number of anilines is 1. The molecule has 2 N–H and O–H groups in total. The third kappa shape index (κ3) is 2.96. The van der Waals surface area contributed by atoms with Gasteiger partial charge < -0.3 is 10.5 Å².